The van der Waals surface area contributed by atoms with E-state index in [0.29, 0.717) is 34.7 Å². The predicted octanol–water partition coefficient (Wildman–Crippen LogP) is 2.90. The van der Waals surface area contributed by atoms with Gasteiger partial charge in [-0.15, -0.1) is 23.1 Å². The SMILES string of the molecule is CC[C@H](C)[C@H]1NC(=O)[C@H]2N=C(O[C@@H]2C)[C@H]2CCCN2C(=O)[C@H](Cc2ccccc2)NC(=O)c2csc(n2)[C@@H](C)NC(=O)[C@@H]2CSC1=N2. The normalized spacial score (nSPS) is 30.6. The lowest BCUT2D eigenvalue weighted by Crippen LogP contribution is -2.52. The second-order valence-electron chi connectivity index (χ2n) is 12.6. The Morgan fingerprint density at radius 3 is 2.60 bits per heavy atom. The molecule has 250 valence electrons. The van der Waals surface area contributed by atoms with Gasteiger partial charge in [-0.2, -0.15) is 0 Å². The van der Waals surface area contributed by atoms with Gasteiger partial charge in [-0.1, -0.05) is 50.6 Å². The maximum absolute atomic E-state index is 14.2. The molecule has 2 aromatic rings. The van der Waals surface area contributed by atoms with Crippen LogP contribution in [0.3, 0.4) is 0 Å². The Bertz CT molecular complexity index is 1580. The molecule has 0 spiro atoms. The molecule has 6 rings (SSSR count). The van der Waals surface area contributed by atoms with Crippen molar-refractivity contribution in [3.8, 4) is 0 Å². The molecule has 0 unspecified atom stereocenters. The van der Waals surface area contributed by atoms with E-state index in [1.165, 1.54) is 23.1 Å². The van der Waals surface area contributed by atoms with Crippen LogP contribution in [0.1, 0.15) is 74.1 Å². The van der Waals surface area contributed by atoms with Gasteiger partial charge < -0.3 is 25.6 Å². The predicted molar refractivity (Wildman–Crippen MR) is 182 cm³/mol. The van der Waals surface area contributed by atoms with Crippen LogP contribution in [0, 0.1) is 5.92 Å². The fourth-order valence-electron chi connectivity index (χ4n) is 6.31. The molecule has 0 aliphatic carbocycles. The Morgan fingerprint density at radius 2 is 1.83 bits per heavy atom. The minimum atomic E-state index is -0.872. The number of aromatic nitrogens is 1. The number of hydrogen-bond donors (Lipinski definition) is 3. The largest absolute Gasteiger partial charge is 0.474 e. The van der Waals surface area contributed by atoms with Crippen molar-refractivity contribution in [2.24, 2.45) is 15.9 Å². The van der Waals surface area contributed by atoms with Gasteiger partial charge >= 0.3 is 0 Å². The van der Waals surface area contributed by atoms with Crippen LogP contribution in [0.25, 0.3) is 0 Å². The summed E-state index contributed by atoms with van der Waals surface area (Å²) in [5, 5.41) is 12.0. The average molecular weight is 680 g/mol. The van der Waals surface area contributed by atoms with E-state index in [4.69, 9.17) is 14.7 Å². The monoisotopic (exact) mass is 679 g/mol. The Balaban J connectivity index is 1.35. The zero-order valence-electron chi connectivity index (χ0n) is 27.0. The number of thioether (sulfide) groups is 1. The number of nitrogens with zero attached hydrogens (tertiary/aromatic N) is 4. The second-order valence-corrected chi connectivity index (χ2v) is 14.5. The summed E-state index contributed by atoms with van der Waals surface area (Å²) in [5.74, 6) is -0.360. The number of benzene rings is 1. The van der Waals surface area contributed by atoms with Crippen molar-refractivity contribution < 1.29 is 23.9 Å². The minimum absolute atomic E-state index is 0.0666. The van der Waals surface area contributed by atoms with Gasteiger partial charge in [0.05, 0.1) is 17.1 Å². The van der Waals surface area contributed by atoms with Gasteiger partial charge in [-0.25, -0.2) is 9.98 Å². The van der Waals surface area contributed by atoms with Crippen molar-refractivity contribution >= 4 is 57.7 Å². The van der Waals surface area contributed by atoms with Gasteiger partial charge in [0, 0.05) is 24.1 Å². The zero-order chi connectivity index (χ0) is 33.2. The molecule has 1 aromatic heterocycles. The summed E-state index contributed by atoms with van der Waals surface area (Å²) in [6, 6.07) is 5.96. The van der Waals surface area contributed by atoms with Crippen LogP contribution in [0.15, 0.2) is 45.7 Å². The maximum atomic E-state index is 14.2. The molecule has 4 aliphatic rings. The van der Waals surface area contributed by atoms with E-state index >= 15 is 0 Å². The minimum Gasteiger partial charge on any atom is -0.474 e. The first-order valence-electron chi connectivity index (χ1n) is 16.3. The lowest BCUT2D eigenvalue weighted by atomic mass is 9.99. The van der Waals surface area contributed by atoms with E-state index in [1.54, 1.807) is 10.3 Å². The highest BCUT2D eigenvalue weighted by molar-refractivity contribution is 8.14. The van der Waals surface area contributed by atoms with Crippen LogP contribution < -0.4 is 16.0 Å². The van der Waals surface area contributed by atoms with E-state index in [-0.39, 0.29) is 41.8 Å². The van der Waals surface area contributed by atoms with Crippen molar-refractivity contribution in [3.63, 3.8) is 0 Å². The number of aliphatic imine (C=N–C) groups is 2. The Hall–Kier alpha value is -3.78. The van der Waals surface area contributed by atoms with Crippen LogP contribution in [-0.4, -0.2) is 93.1 Å². The van der Waals surface area contributed by atoms with E-state index < -0.39 is 42.2 Å². The average Bonchev–Trinajstić information content (AvgIpc) is 3.89. The summed E-state index contributed by atoms with van der Waals surface area (Å²) in [6.45, 7) is 8.21. The number of rotatable bonds is 4. The van der Waals surface area contributed by atoms with Crippen molar-refractivity contribution in [1.29, 1.82) is 0 Å². The van der Waals surface area contributed by atoms with Crippen LogP contribution in [0.4, 0.5) is 0 Å². The third-order valence-electron chi connectivity index (χ3n) is 9.23. The summed E-state index contributed by atoms with van der Waals surface area (Å²) >= 11 is 2.75. The summed E-state index contributed by atoms with van der Waals surface area (Å²) < 4.78 is 6.18. The number of fused-ring (bicyclic) bond motifs is 6. The lowest BCUT2D eigenvalue weighted by Gasteiger charge is -2.29. The van der Waals surface area contributed by atoms with Gasteiger partial charge in [0.15, 0.2) is 6.04 Å². The summed E-state index contributed by atoms with van der Waals surface area (Å²) in [5.41, 5.74) is 1.08. The number of hydrogen-bond acceptors (Lipinski definition) is 10. The molecule has 1 aromatic carbocycles. The molecule has 14 heteroatoms. The van der Waals surface area contributed by atoms with Crippen LogP contribution in [0.2, 0.25) is 0 Å². The Morgan fingerprint density at radius 1 is 1.04 bits per heavy atom. The van der Waals surface area contributed by atoms with Gasteiger partial charge in [0.25, 0.3) is 5.91 Å². The Kier molecular flexibility index (Phi) is 9.97. The van der Waals surface area contributed by atoms with Crippen molar-refractivity contribution in [3.05, 3.63) is 52.0 Å². The number of ether oxygens (including phenoxy) is 1. The quantitative estimate of drug-likeness (QED) is 0.449. The molecule has 4 aliphatic heterocycles. The van der Waals surface area contributed by atoms with Gasteiger partial charge in [0.2, 0.25) is 23.6 Å². The fourth-order valence-corrected chi connectivity index (χ4v) is 8.35. The molecule has 8 atom stereocenters. The highest BCUT2D eigenvalue weighted by Gasteiger charge is 2.44. The van der Waals surface area contributed by atoms with E-state index in [1.807, 2.05) is 44.2 Å². The molecular weight excluding hydrogens is 639 g/mol. The van der Waals surface area contributed by atoms with E-state index in [9.17, 15) is 19.2 Å². The molecule has 4 amide bonds. The zero-order valence-corrected chi connectivity index (χ0v) is 28.6. The van der Waals surface area contributed by atoms with Gasteiger partial charge in [-0.05, 0) is 38.2 Å². The number of carbonyl (C=O) groups is 4. The van der Waals surface area contributed by atoms with Crippen LogP contribution >= 0.6 is 23.1 Å². The third-order valence-corrected chi connectivity index (χ3v) is 11.4. The first-order chi connectivity index (χ1) is 22.6. The number of nitrogens with one attached hydrogen (secondary N) is 3. The summed E-state index contributed by atoms with van der Waals surface area (Å²) in [4.78, 5) is 70.6. The molecule has 6 bridgehead atoms. The first kappa shape index (κ1) is 33.1. The lowest BCUT2D eigenvalue weighted by molar-refractivity contribution is -0.133. The first-order valence-corrected chi connectivity index (χ1v) is 18.2. The summed E-state index contributed by atoms with van der Waals surface area (Å²) in [7, 11) is 0. The highest BCUT2D eigenvalue weighted by atomic mass is 32.2. The van der Waals surface area contributed by atoms with Crippen molar-refractivity contribution in [2.45, 2.75) is 95.7 Å². The van der Waals surface area contributed by atoms with Crippen LogP contribution in [0.5, 0.6) is 0 Å². The fraction of sp³-hybridized carbons (Fsp3) is 0.545. The molecule has 1 saturated heterocycles. The van der Waals surface area contributed by atoms with E-state index in [0.717, 1.165) is 18.4 Å². The molecule has 0 saturated carbocycles. The maximum Gasteiger partial charge on any atom is 0.271 e. The number of amides is 4. The molecule has 12 nitrogen and oxygen atoms in total. The number of thiazole rings is 1. The topological polar surface area (TPSA) is 154 Å². The Labute approximate surface area is 282 Å². The molecule has 0 radical (unpaired) electrons. The molecule has 1 fully saturated rings. The van der Waals surface area contributed by atoms with E-state index in [2.05, 4.69) is 34.8 Å². The standard InChI is InChI=1S/C33H41N7O5S2/c1-5-17(2)25-32-37-22(16-47-32)27(41)34-18(3)31-36-23(15-46-31)28(42)35-21(14-20-10-7-6-8-11-20)33(44)40-13-9-12-24(40)30-39-26(19(4)45-30)29(43)38-25/h6-8,10-11,15,17-19,21-22,24-26H,5,9,12-14,16H2,1-4H3,(H,34,41)(H,35,42)(H,38,43)/t17-,18+,19+,21-,22-,24+,25+,26-/m0/s1. The highest BCUT2D eigenvalue weighted by Crippen LogP contribution is 2.29. The van der Waals surface area contributed by atoms with Crippen molar-refractivity contribution in [2.75, 3.05) is 12.3 Å². The summed E-state index contributed by atoms with van der Waals surface area (Å²) in [6.07, 6.45) is 1.92. The smallest absolute Gasteiger partial charge is 0.271 e. The molecule has 3 N–H and O–H groups in total. The van der Waals surface area contributed by atoms with Crippen molar-refractivity contribution in [1.82, 2.24) is 25.8 Å². The third kappa shape index (κ3) is 7.08. The molecular formula is C33H41N7O5S2. The molecule has 47 heavy (non-hydrogen) atoms. The number of carbonyl (C=O) groups excluding carboxylic acids is 4. The van der Waals surface area contributed by atoms with Gasteiger partial charge in [0.1, 0.15) is 34.9 Å². The molecule has 5 heterocycles. The second kappa shape index (κ2) is 14.1. The van der Waals surface area contributed by atoms with Crippen LogP contribution in [-0.2, 0) is 25.5 Å². The van der Waals surface area contributed by atoms with Gasteiger partial charge in [-0.3, -0.25) is 24.2 Å².